The third kappa shape index (κ3) is 4.90. The van der Waals surface area contributed by atoms with Gasteiger partial charge < -0.3 is 14.8 Å². The van der Waals surface area contributed by atoms with E-state index in [0.29, 0.717) is 28.0 Å². The Labute approximate surface area is 181 Å². The fraction of sp³-hybridized carbons (Fsp3) is 0.0909. The molecule has 2 aromatic carbocycles. The zero-order valence-corrected chi connectivity index (χ0v) is 17.9. The monoisotopic (exact) mass is 439 g/mol. The van der Waals surface area contributed by atoms with Crippen LogP contribution in [0.1, 0.15) is 5.56 Å². The van der Waals surface area contributed by atoms with E-state index in [0.717, 1.165) is 15.5 Å². The van der Waals surface area contributed by atoms with E-state index in [1.807, 2.05) is 35.7 Å². The number of thiazole rings is 1. The summed E-state index contributed by atoms with van der Waals surface area (Å²) in [7, 11) is 1.64. The molecule has 2 heterocycles. The first-order valence-electron chi connectivity index (χ1n) is 9.03. The topological polar surface area (TPSA) is 56.3 Å². The first-order valence-corrected chi connectivity index (χ1v) is 10.7. The highest BCUT2D eigenvalue weighted by atomic mass is 32.2. The van der Waals surface area contributed by atoms with E-state index in [4.69, 9.17) is 9.47 Å². The van der Waals surface area contributed by atoms with Crippen LogP contribution in [0.2, 0.25) is 0 Å². The van der Waals surface area contributed by atoms with Crippen molar-refractivity contribution >= 4 is 34.0 Å². The number of halogens is 1. The maximum absolute atomic E-state index is 13.5. The lowest BCUT2D eigenvalue weighted by Gasteiger charge is -2.14. The molecule has 0 saturated heterocycles. The predicted octanol–water partition coefficient (Wildman–Crippen LogP) is 6.68. The number of nitrogens with zero attached hydrogens (tertiary/aromatic N) is 2. The van der Waals surface area contributed by atoms with Crippen LogP contribution >= 0.6 is 23.1 Å². The second-order valence-corrected chi connectivity index (χ2v) is 8.31. The fourth-order valence-corrected chi connectivity index (χ4v) is 4.08. The molecular weight excluding hydrogens is 421 g/mol. The van der Waals surface area contributed by atoms with Crippen LogP contribution in [0.25, 0.3) is 0 Å². The summed E-state index contributed by atoms with van der Waals surface area (Å²) >= 11 is 3.00. The van der Waals surface area contributed by atoms with Gasteiger partial charge >= 0.3 is 0 Å². The Morgan fingerprint density at radius 2 is 1.93 bits per heavy atom. The molecule has 8 heteroatoms. The molecule has 5 nitrogen and oxygen atoms in total. The Morgan fingerprint density at radius 3 is 2.70 bits per heavy atom. The molecular formula is C22H18FN3O2S2. The van der Waals surface area contributed by atoms with Gasteiger partial charge in [-0.1, -0.05) is 17.8 Å². The first kappa shape index (κ1) is 20.2. The second-order valence-electron chi connectivity index (χ2n) is 6.27. The van der Waals surface area contributed by atoms with E-state index in [1.165, 1.54) is 23.5 Å². The molecule has 0 aliphatic carbocycles. The highest BCUT2D eigenvalue weighted by molar-refractivity contribution is 7.99. The van der Waals surface area contributed by atoms with Crippen LogP contribution in [0.15, 0.2) is 76.1 Å². The largest absolute Gasteiger partial charge is 0.497 e. The molecule has 0 radical (unpaired) electrons. The summed E-state index contributed by atoms with van der Waals surface area (Å²) in [6.45, 7) is 1.80. The molecule has 2 aromatic heterocycles. The Balaban J connectivity index is 1.66. The molecule has 0 aliphatic rings. The number of aryl methyl sites for hydroxylation is 1. The van der Waals surface area contributed by atoms with Gasteiger partial charge in [0.25, 0.3) is 0 Å². The highest BCUT2D eigenvalue weighted by Gasteiger charge is 2.13. The summed E-state index contributed by atoms with van der Waals surface area (Å²) in [5.41, 5.74) is 0.695. The molecule has 152 valence electrons. The molecule has 0 spiro atoms. The van der Waals surface area contributed by atoms with Crippen LogP contribution in [0, 0.1) is 12.7 Å². The van der Waals surface area contributed by atoms with Gasteiger partial charge in [0.15, 0.2) is 16.7 Å². The number of aromatic nitrogens is 2. The molecule has 4 aromatic rings. The van der Waals surface area contributed by atoms with Crippen LogP contribution in [0.5, 0.6) is 17.2 Å². The van der Waals surface area contributed by atoms with Gasteiger partial charge in [-0.05, 0) is 48.9 Å². The van der Waals surface area contributed by atoms with E-state index >= 15 is 0 Å². The number of nitrogens with one attached hydrogen (secondary N) is 1. The number of hydrogen-bond donors (Lipinski definition) is 1. The lowest BCUT2D eigenvalue weighted by Crippen LogP contribution is -1.98. The zero-order valence-electron chi connectivity index (χ0n) is 16.3. The lowest BCUT2D eigenvalue weighted by atomic mass is 10.2. The van der Waals surface area contributed by atoms with Gasteiger partial charge in [0, 0.05) is 33.6 Å². The number of methoxy groups -OCH3 is 1. The van der Waals surface area contributed by atoms with E-state index in [2.05, 4.69) is 15.3 Å². The average Bonchev–Trinajstić information content (AvgIpc) is 3.25. The van der Waals surface area contributed by atoms with Crippen molar-refractivity contribution in [2.45, 2.75) is 16.7 Å². The van der Waals surface area contributed by atoms with Crippen LogP contribution in [0.4, 0.5) is 15.3 Å². The summed E-state index contributed by atoms with van der Waals surface area (Å²) in [4.78, 5) is 10.7. The summed E-state index contributed by atoms with van der Waals surface area (Å²) in [6.07, 6.45) is 3.48. The average molecular weight is 440 g/mol. The summed E-state index contributed by atoms with van der Waals surface area (Å²) in [5.74, 6) is 2.09. The van der Waals surface area contributed by atoms with E-state index in [-0.39, 0.29) is 5.82 Å². The van der Waals surface area contributed by atoms with E-state index < -0.39 is 0 Å². The van der Waals surface area contributed by atoms with Crippen LogP contribution in [-0.4, -0.2) is 17.1 Å². The zero-order chi connectivity index (χ0) is 20.9. The SMILES string of the molecule is COc1cccc(Sc2cnc(Nc3nccs3)c(Oc3ccc(F)cc3C)c2)c1. The van der Waals surface area contributed by atoms with Crippen molar-refractivity contribution in [3.05, 3.63) is 77.7 Å². The number of anilines is 2. The normalized spacial score (nSPS) is 10.6. The summed E-state index contributed by atoms with van der Waals surface area (Å²) in [5, 5.41) is 5.76. The minimum absolute atomic E-state index is 0.304. The maximum Gasteiger partial charge on any atom is 0.188 e. The van der Waals surface area contributed by atoms with Crippen molar-refractivity contribution in [3.63, 3.8) is 0 Å². The lowest BCUT2D eigenvalue weighted by molar-refractivity contribution is 0.413. The van der Waals surface area contributed by atoms with Crippen LogP contribution in [0.3, 0.4) is 0 Å². The molecule has 0 unspecified atom stereocenters. The minimum atomic E-state index is -0.304. The van der Waals surface area contributed by atoms with Gasteiger partial charge in [-0.2, -0.15) is 0 Å². The van der Waals surface area contributed by atoms with Crippen molar-refractivity contribution in [3.8, 4) is 17.2 Å². The Kier molecular flexibility index (Phi) is 6.15. The standard InChI is InChI=1S/C22H18FN3O2S2/c1-14-10-15(23)6-7-19(14)28-20-12-18(30-17-5-3-4-16(11-17)27-2)13-25-21(20)26-22-24-8-9-29-22/h3-13H,1-2H3,(H,24,25,26). The van der Waals surface area contributed by atoms with Crippen LogP contribution in [-0.2, 0) is 0 Å². The smallest absolute Gasteiger partial charge is 0.188 e. The molecule has 0 amide bonds. The predicted molar refractivity (Wildman–Crippen MR) is 118 cm³/mol. The summed E-state index contributed by atoms with van der Waals surface area (Å²) in [6, 6.07) is 14.1. The third-order valence-corrected chi connectivity index (χ3v) is 5.76. The van der Waals surface area contributed by atoms with Gasteiger partial charge in [-0.15, -0.1) is 11.3 Å². The quantitative estimate of drug-likeness (QED) is 0.347. The third-order valence-electron chi connectivity index (χ3n) is 4.12. The van der Waals surface area contributed by atoms with Gasteiger partial charge in [0.1, 0.15) is 17.3 Å². The maximum atomic E-state index is 13.5. The summed E-state index contributed by atoms with van der Waals surface area (Å²) < 4.78 is 24.9. The van der Waals surface area contributed by atoms with Gasteiger partial charge in [-0.25, -0.2) is 14.4 Å². The van der Waals surface area contributed by atoms with Crippen LogP contribution < -0.4 is 14.8 Å². The van der Waals surface area contributed by atoms with Crippen molar-refractivity contribution < 1.29 is 13.9 Å². The Bertz CT molecular complexity index is 1150. The Morgan fingerprint density at radius 1 is 1.03 bits per heavy atom. The molecule has 30 heavy (non-hydrogen) atoms. The van der Waals surface area contributed by atoms with Crippen molar-refractivity contribution in [1.29, 1.82) is 0 Å². The number of pyridine rings is 1. The van der Waals surface area contributed by atoms with E-state index in [9.17, 15) is 4.39 Å². The minimum Gasteiger partial charge on any atom is -0.497 e. The highest BCUT2D eigenvalue weighted by Crippen LogP contribution is 2.37. The Hall–Kier alpha value is -3.10. The molecule has 0 bridgehead atoms. The number of benzene rings is 2. The molecule has 0 atom stereocenters. The molecule has 1 N–H and O–H groups in total. The first-order chi connectivity index (χ1) is 14.6. The van der Waals surface area contributed by atoms with Crippen molar-refractivity contribution in [2.24, 2.45) is 0 Å². The fourth-order valence-electron chi connectivity index (χ4n) is 2.69. The van der Waals surface area contributed by atoms with Crippen molar-refractivity contribution in [1.82, 2.24) is 9.97 Å². The van der Waals surface area contributed by atoms with E-state index in [1.54, 1.807) is 44.3 Å². The van der Waals surface area contributed by atoms with Gasteiger partial charge in [0.2, 0.25) is 0 Å². The molecule has 0 aliphatic heterocycles. The molecule has 4 rings (SSSR count). The second kappa shape index (κ2) is 9.15. The van der Waals surface area contributed by atoms with Crippen molar-refractivity contribution in [2.75, 3.05) is 12.4 Å². The number of rotatable bonds is 7. The molecule has 0 saturated carbocycles. The van der Waals surface area contributed by atoms with Gasteiger partial charge in [0.05, 0.1) is 7.11 Å². The molecule has 0 fully saturated rings. The number of ether oxygens (including phenoxy) is 2. The number of hydrogen-bond acceptors (Lipinski definition) is 7. The van der Waals surface area contributed by atoms with Gasteiger partial charge in [-0.3, -0.25) is 0 Å².